The van der Waals surface area contributed by atoms with Crippen LogP contribution in [0.1, 0.15) is 32.6 Å². The summed E-state index contributed by atoms with van der Waals surface area (Å²) in [7, 11) is 0. The summed E-state index contributed by atoms with van der Waals surface area (Å²) in [6.45, 7) is 2.22. The summed E-state index contributed by atoms with van der Waals surface area (Å²) in [4.78, 5) is 0. The summed E-state index contributed by atoms with van der Waals surface area (Å²) >= 11 is 7.50. The summed E-state index contributed by atoms with van der Waals surface area (Å²) in [5.74, 6) is 0.888. The van der Waals surface area contributed by atoms with Crippen molar-refractivity contribution in [2.24, 2.45) is 5.92 Å². The fourth-order valence-electron chi connectivity index (χ4n) is 2.50. The maximum absolute atomic E-state index is 6.26. The molecule has 3 nitrogen and oxygen atoms in total. The van der Waals surface area contributed by atoms with Crippen molar-refractivity contribution in [2.45, 2.75) is 38.6 Å². The highest BCUT2D eigenvalue weighted by molar-refractivity contribution is 7.00. The van der Waals surface area contributed by atoms with Gasteiger partial charge in [-0.2, -0.15) is 8.75 Å². The zero-order valence-electron chi connectivity index (χ0n) is 10.3. The number of benzene rings is 1. The Labute approximate surface area is 116 Å². The van der Waals surface area contributed by atoms with Crippen LogP contribution in [0.5, 0.6) is 0 Å². The third-order valence-electron chi connectivity index (χ3n) is 3.68. The Morgan fingerprint density at radius 2 is 2.28 bits per heavy atom. The third-order valence-corrected chi connectivity index (χ3v) is 4.54. The minimum Gasteiger partial charge on any atom is -0.380 e. The van der Waals surface area contributed by atoms with Crippen molar-refractivity contribution in [3.05, 3.63) is 17.2 Å². The minimum absolute atomic E-state index is 0.431. The van der Waals surface area contributed by atoms with Crippen molar-refractivity contribution in [1.29, 1.82) is 0 Å². The van der Waals surface area contributed by atoms with E-state index in [1.165, 1.54) is 37.4 Å². The molecule has 0 amide bonds. The molecule has 1 fully saturated rings. The smallest absolute Gasteiger partial charge is 0.129 e. The highest BCUT2D eigenvalue weighted by Crippen LogP contribution is 2.34. The van der Waals surface area contributed by atoms with Gasteiger partial charge in [-0.25, -0.2) is 0 Å². The third kappa shape index (κ3) is 2.31. The number of hydrogen-bond donors (Lipinski definition) is 1. The summed E-state index contributed by atoms with van der Waals surface area (Å²) in [6.07, 6.45) is 5.36. The van der Waals surface area contributed by atoms with Crippen LogP contribution < -0.4 is 5.32 Å². The Morgan fingerprint density at radius 1 is 1.44 bits per heavy atom. The van der Waals surface area contributed by atoms with Crippen LogP contribution >= 0.6 is 23.3 Å². The van der Waals surface area contributed by atoms with Gasteiger partial charge < -0.3 is 5.32 Å². The summed E-state index contributed by atoms with van der Waals surface area (Å²) < 4.78 is 8.58. The molecule has 0 spiro atoms. The van der Waals surface area contributed by atoms with E-state index in [0.717, 1.165) is 27.7 Å². The van der Waals surface area contributed by atoms with Crippen LogP contribution in [0.2, 0.25) is 5.02 Å². The molecule has 1 aliphatic rings. The molecule has 18 heavy (non-hydrogen) atoms. The Bertz CT molecular complexity index is 550. The normalized spacial score (nSPS) is 17.7. The molecule has 1 aromatic heterocycles. The lowest BCUT2D eigenvalue weighted by molar-refractivity contribution is 0.286. The van der Waals surface area contributed by atoms with Crippen molar-refractivity contribution in [1.82, 2.24) is 8.75 Å². The van der Waals surface area contributed by atoms with Gasteiger partial charge in [-0.3, -0.25) is 0 Å². The molecule has 0 aliphatic heterocycles. The monoisotopic (exact) mass is 281 g/mol. The minimum atomic E-state index is 0.431. The molecule has 0 saturated heterocycles. The Morgan fingerprint density at radius 3 is 3.00 bits per heavy atom. The van der Waals surface area contributed by atoms with Gasteiger partial charge in [0.1, 0.15) is 11.0 Å². The summed E-state index contributed by atoms with van der Waals surface area (Å²) in [5, 5.41) is 4.24. The molecule has 1 N–H and O–H groups in total. The van der Waals surface area contributed by atoms with Crippen molar-refractivity contribution in [3.63, 3.8) is 0 Å². The van der Waals surface area contributed by atoms with Crippen LogP contribution in [0, 0.1) is 5.92 Å². The zero-order valence-corrected chi connectivity index (χ0v) is 11.9. The quantitative estimate of drug-likeness (QED) is 0.906. The van der Waals surface area contributed by atoms with Crippen LogP contribution in [0.25, 0.3) is 11.0 Å². The second-order valence-corrected chi connectivity index (χ2v) is 6.07. The maximum atomic E-state index is 6.26. The number of anilines is 1. The van der Waals surface area contributed by atoms with E-state index in [2.05, 4.69) is 21.0 Å². The van der Waals surface area contributed by atoms with E-state index in [1.54, 1.807) is 0 Å². The van der Waals surface area contributed by atoms with Crippen LogP contribution in [0.4, 0.5) is 5.69 Å². The number of halogens is 1. The van der Waals surface area contributed by atoms with E-state index in [1.807, 2.05) is 12.1 Å². The van der Waals surface area contributed by atoms with E-state index < -0.39 is 0 Å². The molecule has 1 aliphatic carbocycles. The molecular weight excluding hydrogens is 266 g/mol. The van der Waals surface area contributed by atoms with E-state index in [9.17, 15) is 0 Å². The van der Waals surface area contributed by atoms with Gasteiger partial charge in [0.05, 0.1) is 22.4 Å². The van der Waals surface area contributed by atoms with Crippen molar-refractivity contribution in [3.8, 4) is 0 Å². The molecular formula is C13H16ClN3S. The van der Waals surface area contributed by atoms with Crippen LogP contribution in [-0.4, -0.2) is 14.8 Å². The fourth-order valence-corrected chi connectivity index (χ4v) is 3.25. The SMILES string of the molecule is CC(CC1CCC1)Nc1c(Cl)ccc2nsnc12. The highest BCUT2D eigenvalue weighted by atomic mass is 35.5. The van der Waals surface area contributed by atoms with E-state index in [0.29, 0.717) is 6.04 Å². The van der Waals surface area contributed by atoms with Gasteiger partial charge in [0.2, 0.25) is 0 Å². The van der Waals surface area contributed by atoms with Crippen LogP contribution in [0.3, 0.4) is 0 Å². The lowest BCUT2D eigenvalue weighted by Crippen LogP contribution is -2.23. The second-order valence-electron chi connectivity index (χ2n) is 5.13. The maximum Gasteiger partial charge on any atom is 0.129 e. The van der Waals surface area contributed by atoms with E-state index in [4.69, 9.17) is 11.6 Å². The van der Waals surface area contributed by atoms with Gasteiger partial charge in [0.25, 0.3) is 0 Å². The average molecular weight is 282 g/mol. The summed E-state index contributed by atoms with van der Waals surface area (Å²) in [6, 6.07) is 4.24. The molecule has 5 heteroatoms. The molecule has 1 aromatic carbocycles. The highest BCUT2D eigenvalue weighted by Gasteiger charge is 2.21. The molecule has 1 unspecified atom stereocenters. The first-order valence-corrected chi connectivity index (χ1v) is 7.52. The second kappa shape index (κ2) is 5.02. The predicted octanol–water partition coefficient (Wildman–Crippen LogP) is 4.34. The van der Waals surface area contributed by atoms with Crippen LogP contribution in [-0.2, 0) is 0 Å². The Hall–Kier alpha value is -0.870. The molecule has 96 valence electrons. The van der Waals surface area contributed by atoms with Crippen molar-refractivity contribution < 1.29 is 0 Å². The van der Waals surface area contributed by atoms with E-state index in [-0.39, 0.29) is 0 Å². The number of aromatic nitrogens is 2. The zero-order chi connectivity index (χ0) is 12.5. The lowest BCUT2D eigenvalue weighted by Gasteiger charge is -2.29. The summed E-state index contributed by atoms with van der Waals surface area (Å²) in [5.41, 5.74) is 2.76. The standard InChI is InChI=1S/C13H16ClN3S/c1-8(7-9-3-2-4-9)15-12-10(14)5-6-11-13(12)17-18-16-11/h5-6,8-9,15H,2-4,7H2,1H3. The molecule has 2 aromatic rings. The van der Waals surface area contributed by atoms with Gasteiger partial charge in [-0.05, 0) is 31.4 Å². The first kappa shape index (κ1) is 12.2. The van der Waals surface area contributed by atoms with Gasteiger partial charge in [-0.1, -0.05) is 30.9 Å². The first-order chi connectivity index (χ1) is 8.74. The van der Waals surface area contributed by atoms with Crippen molar-refractivity contribution >= 4 is 40.0 Å². The molecule has 3 rings (SSSR count). The predicted molar refractivity (Wildman–Crippen MR) is 77.5 cm³/mol. The lowest BCUT2D eigenvalue weighted by atomic mass is 9.81. The fraction of sp³-hybridized carbons (Fsp3) is 0.538. The molecule has 0 radical (unpaired) electrons. The van der Waals surface area contributed by atoms with Gasteiger partial charge in [-0.15, -0.1) is 0 Å². The Kier molecular flexibility index (Phi) is 3.39. The van der Waals surface area contributed by atoms with Crippen LogP contribution in [0.15, 0.2) is 12.1 Å². The van der Waals surface area contributed by atoms with Gasteiger partial charge in [0.15, 0.2) is 0 Å². The molecule has 1 heterocycles. The van der Waals surface area contributed by atoms with Gasteiger partial charge in [0, 0.05) is 6.04 Å². The largest absolute Gasteiger partial charge is 0.380 e. The number of nitrogens with one attached hydrogen (secondary N) is 1. The van der Waals surface area contributed by atoms with E-state index >= 15 is 0 Å². The molecule has 1 saturated carbocycles. The molecule has 1 atom stereocenters. The average Bonchev–Trinajstić information content (AvgIpc) is 2.76. The molecule has 0 bridgehead atoms. The number of fused-ring (bicyclic) bond motifs is 1. The number of nitrogens with zero attached hydrogens (tertiary/aromatic N) is 2. The Balaban J connectivity index is 1.79. The van der Waals surface area contributed by atoms with Crippen molar-refractivity contribution in [2.75, 3.05) is 5.32 Å². The topological polar surface area (TPSA) is 37.8 Å². The first-order valence-electron chi connectivity index (χ1n) is 6.41. The number of hydrogen-bond acceptors (Lipinski definition) is 4. The van der Waals surface area contributed by atoms with Gasteiger partial charge >= 0.3 is 0 Å². The number of rotatable bonds is 4.